The molecular formula is C11H21N. The summed E-state index contributed by atoms with van der Waals surface area (Å²) in [4.78, 5) is 0. The average molecular weight is 167 g/mol. The average Bonchev–Trinajstić information content (AvgIpc) is 2.05. The summed E-state index contributed by atoms with van der Waals surface area (Å²) in [7, 11) is 0. The first-order valence-corrected chi connectivity index (χ1v) is 5.23. The van der Waals surface area contributed by atoms with Crippen LogP contribution in [0.15, 0.2) is 11.1 Å². The Morgan fingerprint density at radius 1 is 1.33 bits per heavy atom. The molecule has 0 aromatic heterocycles. The molecule has 12 heavy (non-hydrogen) atoms. The summed E-state index contributed by atoms with van der Waals surface area (Å²) in [6.45, 7) is 4.52. The van der Waals surface area contributed by atoms with Gasteiger partial charge in [0, 0.05) is 6.04 Å². The summed E-state index contributed by atoms with van der Waals surface area (Å²) in [5.74, 6) is 0. The molecule has 1 unspecified atom stereocenters. The Bertz CT molecular complexity index is 170. The number of hydrogen-bond donors (Lipinski definition) is 1. The zero-order valence-electron chi connectivity index (χ0n) is 8.40. The fourth-order valence-electron chi connectivity index (χ4n) is 2.11. The van der Waals surface area contributed by atoms with Crippen molar-refractivity contribution in [2.45, 2.75) is 58.4 Å². The highest BCUT2D eigenvalue weighted by Crippen LogP contribution is 2.28. The second-order valence-corrected chi connectivity index (χ2v) is 3.81. The molecule has 0 saturated carbocycles. The molecule has 0 saturated heterocycles. The second-order valence-electron chi connectivity index (χ2n) is 3.81. The largest absolute Gasteiger partial charge is 0.327 e. The Hall–Kier alpha value is -0.300. The fraction of sp³-hybridized carbons (Fsp3) is 0.818. The molecular weight excluding hydrogens is 146 g/mol. The lowest BCUT2D eigenvalue weighted by Gasteiger charge is -2.24. The molecule has 1 heteroatoms. The van der Waals surface area contributed by atoms with Crippen LogP contribution >= 0.6 is 0 Å². The minimum atomic E-state index is 0.446. The molecule has 0 spiro atoms. The predicted molar refractivity (Wildman–Crippen MR) is 54.1 cm³/mol. The van der Waals surface area contributed by atoms with Crippen LogP contribution in [-0.4, -0.2) is 6.04 Å². The van der Waals surface area contributed by atoms with Crippen LogP contribution in [0.25, 0.3) is 0 Å². The molecule has 1 aliphatic rings. The Labute approximate surface area is 76.0 Å². The Morgan fingerprint density at radius 3 is 2.67 bits per heavy atom. The number of hydrogen-bond acceptors (Lipinski definition) is 1. The summed E-state index contributed by atoms with van der Waals surface area (Å²) >= 11 is 0. The van der Waals surface area contributed by atoms with E-state index < -0.39 is 0 Å². The molecule has 1 atom stereocenters. The van der Waals surface area contributed by atoms with Gasteiger partial charge < -0.3 is 5.73 Å². The molecule has 0 heterocycles. The van der Waals surface area contributed by atoms with Gasteiger partial charge in [-0.3, -0.25) is 0 Å². The molecule has 1 nitrogen and oxygen atoms in total. The van der Waals surface area contributed by atoms with Crippen LogP contribution in [0.3, 0.4) is 0 Å². The van der Waals surface area contributed by atoms with E-state index in [2.05, 4.69) is 13.8 Å². The van der Waals surface area contributed by atoms with E-state index in [9.17, 15) is 0 Å². The first kappa shape index (κ1) is 9.79. The van der Waals surface area contributed by atoms with Crippen molar-refractivity contribution in [1.29, 1.82) is 0 Å². The quantitative estimate of drug-likeness (QED) is 0.642. The highest BCUT2D eigenvalue weighted by molar-refractivity contribution is 5.18. The molecule has 0 aliphatic heterocycles. The normalized spacial score (nSPS) is 24.8. The lowest BCUT2D eigenvalue weighted by Crippen LogP contribution is -2.24. The van der Waals surface area contributed by atoms with Crippen molar-refractivity contribution < 1.29 is 0 Å². The Balaban J connectivity index is 2.63. The maximum absolute atomic E-state index is 5.94. The summed E-state index contributed by atoms with van der Waals surface area (Å²) in [6.07, 6.45) is 7.41. The van der Waals surface area contributed by atoms with E-state index in [0.29, 0.717) is 6.04 Å². The lowest BCUT2D eigenvalue weighted by atomic mass is 9.85. The first-order chi connectivity index (χ1) is 5.77. The maximum Gasteiger partial charge on any atom is 0.00792 e. The predicted octanol–water partition coefficient (Wildman–Crippen LogP) is 3.00. The molecule has 0 fully saturated rings. The first-order valence-electron chi connectivity index (χ1n) is 5.23. The van der Waals surface area contributed by atoms with E-state index in [1.807, 2.05) is 0 Å². The van der Waals surface area contributed by atoms with E-state index in [0.717, 1.165) is 6.42 Å². The van der Waals surface area contributed by atoms with Gasteiger partial charge in [0.1, 0.15) is 0 Å². The molecule has 0 aromatic carbocycles. The minimum absolute atomic E-state index is 0.446. The molecule has 1 aliphatic carbocycles. The second kappa shape index (κ2) is 4.66. The van der Waals surface area contributed by atoms with Crippen LogP contribution < -0.4 is 5.73 Å². The van der Waals surface area contributed by atoms with Crippen molar-refractivity contribution in [2.24, 2.45) is 5.73 Å². The third-order valence-corrected chi connectivity index (χ3v) is 2.80. The van der Waals surface area contributed by atoms with Crippen molar-refractivity contribution >= 4 is 0 Å². The van der Waals surface area contributed by atoms with E-state index in [4.69, 9.17) is 5.73 Å². The van der Waals surface area contributed by atoms with Crippen LogP contribution in [0.1, 0.15) is 52.4 Å². The van der Waals surface area contributed by atoms with Gasteiger partial charge in [-0.1, -0.05) is 31.4 Å². The number of rotatable bonds is 3. The topological polar surface area (TPSA) is 26.0 Å². The number of allylic oxidation sites excluding steroid dienone is 1. The molecule has 0 amide bonds. The molecule has 0 aromatic rings. The van der Waals surface area contributed by atoms with Crippen LogP contribution in [0.5, 0.6) is 0 Å². The third-order valence-electron chi connectivity index (χ3n) is 2.80. The van der Waals surface area contributed by atoms with Crippen molar-refractivity contribution in [2.75, 3.05) is 0 Å². The molecule has 70 valence electrons. The summed E-state index contributed by atoms with van der Waals surface area (Å²) in [6, 6.07) is 0.446. The van der Waals surface area contributed by atoms with Crippen molar-refractivity contribution in [1.82, 2.24) is 0 Å². The summed E-state index contributed by atoms with van der Waals surface area (Å²) in [5.41, 5.74) is 9.30. The zero-order chi connectivity index (χ0) is 8.97. The SMILES string of the molecule is CCCC1=C(CC)CCC(N)C1. The lowest BCUT2D eigenvalue weighted by molar-refractivity contribution is 0.545. The van der Waals surface area contributed by atoms with Gasteiger partial charge >= 0.3 is 0 Å². The van der Waals surface area contributed by atoms with E-state index in [1.54, 1.807) is 11.1 Å². The van der Waals surface area contributed by atoms with Gasteiger partial charge in [-0.05, 0) is 32.1 Å². The van der Waals surface area contributed by atoms with Crippen molar-refractivity contribution in [3.05, 3.63) is 11.1 Å². The molecule has 2 N–H and O–H groups in total. The van der Waals surface area contributed by atoms with Crippen LogP contribution in [0, 0.1) is 0 Å². The third kappa shape index (κ3) is 2.34. The zero-order valence-corrected chi connectivity index (χ0v) is 8.40. The van der Waals surface area contributed by atoms with Gasteiger partial charge in [-0.15, -0.1) is 0 Å². The fourth-order valence-corrected chi connectivity index (χ4v) is 2.11. The van der Waals surface area contributed by atoms with Crippen molar-refractivity contribution in [3.8, 4) is 0 Å². The van der Waals surface area contributed by atoms with Gasteiger partial charge in [-0.2, -0.15) is 0 Å². The van der Waals surface area contributed by atoms with Gasteiger partial charge in [0.05, 0.1) is 0 Å². The standard InChI is InChI=1S/C11H21N/c1-3-5-10-8-11(12)7-6-9(10)4-2/h11H,3-8,12H2,1-2H3. The maximum atomic E-state index is 5.94. The summed E-state index contributed by atoms with van der Waals surface area (Å²) < 4.78 is 0. The Kier molecular flexibility index (Phi) is 3.80. The smallest absolute Gasteiger partial charge is 0.00792 e. The van der Waals surface area contributed by atoms with Crippen LogP contribution in [0.4, 0.5) is 0 Å². The van der Waals surface area contributed by atoms with Gasteiger partial charge in [0.15, 0.2) is 0 Å². The van der Waals surface area contributed by atoms with E-state index in [1.165, 1.54) is 32.1 Å². The monoisotopic (exact) mass is 167 g/mol. The van der Waals surface area contributed by atoms with Crippen molar-refractivity contribution in [3.63, 3.8) is 0 Å². The highest BCUT2D eigenvalue weighted by atomic mass is 14.6. The van der Waals surface area contributed by atoms with Crippen LogP contribution in [-0.2, 0) is 0 Å². The van der Waals surface area contributed by atoms with Crippen LogP contribution in [0.2, 0.25) is 0 Å². The Morgan fingerprint density at radius 2 is 2.08 bits per heavy atom. The van der Waals surface area contributed by atoms with E-state index in [-0.39, 0.29) is 0 Å². The molecule has 0 bridgehead atoms. The van der Waals surface area contributed by atoms with E-state index >= 15 is 0 Å². The number of nitrogens with two attached hydrogens (primary N) is 1. The van der Waals surface area contributed by atoms with Gasteiger partial charge in [0.25, 0.3) is 0 Å². The summed E-state index contributed by atoms with van der Waals surface area (Å²) in [5, 5.41) is 0. The van der Waals surface area contributed by atoms with Gasteiger partial charge in [-0.25, -0.2) is 0 Å². The molecule has 0 radical (unpaired) electrons. The highest BCUT2D eigenvalue weighted by Gasteiger charge is 2.15. The van der Waals surface area contributed by atoms with Gasteiger partial charge in [0.2, 0.25) is 0 Å². The minimum Gasteiger partial charge on any atom is -0.327 e. The molecule has 1 rings (SSSR count).